The van der Waals surface area contributed by atoms with E-state index in [2.05, 4.69) is 31.2 Å². The highest BCUT2D eigenvalue weighted by Crippen LogP contribution is 2.16. The van der Waals surface area contributed by atoms with Gasteiger partial charge in [0.1, 0.15) is 0 Å². The molecule has 1 saturated heterocycles. The highest BCUT2D eigenvalue weighted by molar-refractivity contribution is 5.76. The SMILES string of the molecule is Cc1ccc(CCC(=O)N2CCC(OCCCN)CC2)cc1. The Hall–Kier alpha value is -1.39. The summed E-state index contributed by atoms with van der Waals surface area (Å²) in [4.78, 5) is 14.3. The number of nitrogens with zero attached hydrogens (tertiary/aromatic N) is 1. The van der Waals surface area contributed by atoms with Gasteiger partial charge in [-0.25, -0.2) is 0 Å². The van der Waals surface area contributed by atoms with Gasteiger partial charge in [-0.1, -0.05) is 29.8 Å². The smallest absolute Gasteiger partial charge is 0.222 e. The number of benzene rings is 1. The van der Waals surface area contributed by atoms with Gasteiger partial charge in [-0.3, -0.25) is 4.79 Å². The Morgan fingerprint density at radius 3 is 2.59 bits per heavy atom. The van der Waals surface area contributed by atoms with Crippen molar-refractivity contribution in [3.63, 3.8) is 0 Å². The first-order valence-corrected chi connectivity index (χ1v) is 8.34. The summed E-state index contributed by atoms with van der Waals surface area (Å²) in [5.74, 6) is 0.265. The minimum Gasteiger partial charge on any atom is -0.378 e. The van der Waals surface area contributed by atoms with Crippen LogP contribution in [0.3, 0.4) is 0 Å². The van der Waals surface area contributed by atoms with E-state index in [-0.39, 0.29) is 5.91 Å². The van der Waals surface area contributed by atoms with Gasteiger partial charge >= 0.3 is 0 Å². The molecule has 0 aliphatic carbocycles. The first kappa shape index (κ1) is 17.0. The lowest BCUT2D eigenvalue weighted by molar-refractivity contribution is -0.133. The summed E-state index contributed by atoms with van der Waals surface area (Å²) in [7, 11) is 0. The standard InChI is InChI=1S/C18H28N2O2/c1-15-3-5-16(6-4-15)7-8-18(21)20-12-9-17(10-13-20)22-14-2-11-19/h3-6,17H,2,7-14,19H2,1H3. The van der Waals surface area contributed by atoms with Gasteiger partial charge in [0.05, 0.1) is 6.10 Å². The van der Waals surface area contributed by atoms with Crippen LogP contribution in [0.1, 0.15) is 36.8 Å². The summed E-state index contributed by atoms with van der Waals surface area (Å²) in [6, 6.07) is 8.42. The van der Waals surface area contributed by atoms with Gasteiger partial charge in [0.25, 0.3) is 0 Å². The number of carbonyl (C=O) groups is 1. The Kier molecular flexibility index (Phi) is 6.87. The number of amides is 1. The van der Waals surface area contributed by atoms with Crippen LogP contribution in [0.4, 0.5) is 0 Å². The Labute approximate surface area is 133 Å². The summed E-state index contributed by atoms with van der Waals surface area (Å²) in [6.07, 6.45) is 4.53. The predicted octanol–water partition coefficient (Wildman–Crippen LogP) is 2.28. The van der Waals surface area contributed by atoms with Gasteiger partial charge in [-0.15, -0.1) is 0 Å². The number of nitrogens with two attached hydrogens (primary N) is 1. The monoisotopic (exact) mass is 304 g/mol. The molecular formula is C18H28N2O2. The van der Waals surface area contributed by atoms with E-state index >= 15 is 0 Å². The maximum atomic E-state index is 12.3. The molecule has 4 heteroatoms. The van der Waals surface area contributed by atoms with E-state index in [1.165, 1.54) is 11.1 Å². The lowest BCUT2D eigenvalue weighted by Gasteiger charge is -2.32. The van der Waals surface area contributed by atoms with Crippen molar-refractivity contribution in [2.75, 3.05) is 26.2 Å². The van der Waals surface area contributed by atoms with Crippen LogP contribution in [-0.4, -0.2) is 43.2 Å². The van der Waals surface area contributed by atoms with Gasteiger partial charge in [-0.2, -0.15) is 0 Å². The van der Waals surface area contributed by atoms with Crippen LogP contribution >= 0.6 is 0 Å². The van der Waals surface area contributed by atoms with E-state index in [9.17, 15) is 4.79 Å². The van der Waals surface area contributed by atoms with Crippen molar-refractivity contribution >= 4 is 5.91 Å². The molecule has 0 radical (unpaired) electrons. The average Bonchev–Trinajstić information content (AvgIpc) is 2.55. The van der Waals surface area contributed by atoms with Gasteiger partial charge < -0.3 is 15.4 Å². The lowest BCUT2D eigenvalue weighted by atomic mass is 10.0. The number of hydrogen-bond acceptors (Lipinski definition) is 3. The van der Waals surface area contributed by atoms with E-state index in [4.69, 9.17) is 10.5 Å². The number of carbonyl (C=O) groups excluding carboxylic acids is 1. The molecule has 1 heterocycles. The summed E-state index contributed by atoms with van der Waals surface area (Å²) in [5, 5.41) is 0. The van der Waals surface area contributed by atoms with Gasteiger partial charge in [0.2, 0.25) is 5.91 Å². The third-order valence-electron chi connectivity index (χ3n) is 4.24. The second kappa shape index (κ2) is 8.91. The zero-order valence-electron chi connectivity index (χ0n) is 13.6. The number of hydrogen-bond donors (Lipinski definition) is 1. The fourth-order valence-corrected chi connectivity index (χ4v) is 2.77. The van der Waals surface area contributed by atoms with Gasteiger partial charge in [-0.05, 0) is 44.7 Å². The zero-order valence-corrected chi connectivity index (χ0v) is 13.6. The molecule has 1 aromatic rings. The highest BCUT2D eigenvalue weighted by Gasteiger charge is 2.22. The second-order valence-corrected chi connectivity index (χ2v) is 6.08. The van der Waals surface area contributed by atoms with E-state index < -0.39 is 0 Å². The van der Waals surface area contributed by atoms with Crippen LogP contribution in [-0.2, 0) is 16.0 Å². The minimum atomic E-state index is 0.265. The van der Waals surface area contributed by atoms with Crippen molar-refractivity contribution in [2.45, 2.75) is 45.1 Å². The molecule has 1 aliphatic rings. The zero-order chi connectivity index (χ0) is 15.8. The Morgan fingerprint density at radius 2 is 1.95 bits per heavy atom. The van der Waals surface area contributed by atoms with Crippen LogP contribution in [0.2, 0.25) is 0 Å². The maximum Gasteiger partial charge on any atom is 0.222 e. The van der Waals surface area contributed by atoms with Crippen molar-refractivity contribution in [2.24, 2.45) is 5.73 Å². The highest BCUT2D eigenvalue weighted by atomic mass is 16.5. The van der Waals surface area contributed by atoms with Crippen LogP contribution in [0.25, 0.3) is 0 Å². The molecule has 1 aromatic carbocycles. The molecule has 0 aromatic heterocycles. The van der Waals surface area contributed by atoms with E-state index in [1.54, 1.807) is 0 Å². The molecule has 0 atom stereocenters. The Morgan fingerprint density at radius 1 is 1.27 bits per heavy atom. The van der Waals surface area contributed by atoms with Gasteiger partial charge in [0.15, 0.2) is 0 Å². The molecule has 0 saturated carbocycles. The third-order valence-corrected chi connectivity index (χ3v) is 4.24. The number of rotatable bonds is 7. The summed E-state index contributed by atoms with van der Waals surface area (Å²) in [6.45, 7) is 5.13. The largest absolute Gasteiger partial charge is 0.378 e. The number of aryl methyl sites for hydroxylation is 2. The molecule has 122 valence electrons. The fourth-order valence-electron chi connectivity index (χ4n) is 2.77. The molecule has 22 heavy (non-hydrogen) atoms. The van der Waals surface area contributed by atoms with Crippen LogP contribution in [0, 0.1) is 6.92 Å². The quantitative estimate of drug-likeness (QED) is 0.786. The second-order valence-electron chi connectivity index (χ2n) is 6.08. The minimum absolute atomic E-state index is 0.265. The van der Waals surface area contributed by atoms with Crippen LogP contribution < -0.4 is 5.73 Å². The van der Waals surface area contributed by atoms with Crippen molar-refractivity contribution < 1.29 is 9.53 Å². The first-order chi connectivity index (χ1) is 10.7. The van der Waals surface area contributed by atoms with Crippen molar-refractivity contribution in [3.05, 3.63) is 35.4 Å². The molecule has 2 N–H and O–H groups in total. The molecule has 2 rings (SSSR count). The third kappa shape index (κ3) is 5.43. The molecule has 0 spiro atoms. The van der Waals surface area contributed by atoms with Crippen molar-refractivity contribution in [1.29, 1.82) is 0 Å². The first-order valence-electron chi connectivity index (χ1n) is 8.34. The van der Waals surface area contributed by atoms with E-state index in [0.717, 1.165) is 45.4 Å². The van der Waals surface area contributed by atoms with Crippen molar-refractivity contribution in [1.82, 2.24) is 4.90 Å². The molecule has 1 amide bonds. The van der Waals surface area contributed by atoms with E-state index in [0.29, 0.717) is 19.1 Å². The molecule has 1 fully saturated rings. The van der Waals surface area contributed by atoms with Crippen molar-refractivity contribution in [3.8, 4) is 0 Å². The Bertz CT molecular complexity index is 451. The number of likely N-dealkylation sites (tertiary alicyclic amines) is 1. The topological polar surface area (TPSA) is 55.6 Å². The molecular weight excluding hydrogens is 276 g/mol. The molecule has 0 bridgehead atoms. The number of piperidine rings is 1. The average molecular weight is 304 g/mol. The lowest BCUT2D eigenvalue weighted by Crippen LogP contribution is -2.41. The molecule has 1 aliphatic heterocycles. The fraction of sp³-hybridized carbons (Fsp3) is 0.611. The maximum absolute atomic E-state index is 12.3. The summed E-state index contributed by atoms with van der Waals surface area (Å²) in [5.41, 5.74) is 7.95. The summed E-state index contributed by atoms with van der Waals surface area (Å²) < 4.78 is 5.77. The Balaban J connectivity index is 1.67. The predicted molar refractivity (Wildman–Crippen MR) is 88.7 cm³/mol. The van der Waals surface area contributed by atoms with Crippen LogP contribution in [0.5, 0.6) is 0 Å². The van der Waals surface area contributed by atoms with E-state index in [1.807, 2.05) is 4.90 Å². The molecule has 0 unspecified atom stereocenters. The van der Waals surface area contributed by atoms with Gasteiger partial charge in [0, 0.05) is 26.1 Å². The van der Waals surface area contributed by atoms with Crippen LogP contribution in [0.15, 0.2) is 24.3 Å². The normalized spacial score (nSPS) is 16.0. The number of ether oxygens (including phenoxy) is 1. The summed E-state index contributed by atoms with van der Waals surface area (Å²) >= 11 is 0. The molecule has 4 nitrogen and oxygen atoms in total.